The summed E-state index contributed by atoms with van der Waals surface area (Å²) in [5.41, 5.74) is 2.48. The minimum atomic E-state index is -0.346. The molecule has 4 heteroatoms. The van der Waals surface area contributed by atoms with E-state index in [9.17, 15) is 4.79 Å². The summed E-state index contributed by atoms with van der Waals surface area (Å²) >= 11 is 3.47. The van der Waals surface area contributed by atoms with Crippen LogP contribution in [0.25, 0.3) is 12.2 Å². The Hall–Kier alpha value is -2.07. The lowest BCUT2D eigenvalue weighted by atomic mass is 10.1. The van der Waals surface area contributed by atoms with Crippen molar-refractivity contribution in [2.75, 3.05) is 14.2 Å². The van der Waals surface area contributed by atoms with E-state index in [4.69, 9.17) is 9.47 Å². The molecule has 0 amide bonds. The lowest BCUT2D eigenvalue weighted by Crippen LogP contribution is -2.01. The van der Waals surface area contributed by atoms with Gasteiger partial charge in [0.05, 0.1) is 19.8 Å². The average molecular weight is 347 g/mol. The third-order valence-electron chi connectivity index (χ3n) is 2.99. The fraction of sp³-hybridized carbons (Fsp3) is 0.118. The predicted molar refractivity (Wildman–Crippen MR) is 87.4 cm³/mol. The van der Waals surface area contributed by atoms with Crippen molar-refractivity contribution in [3.05, 3.63) is 63.6 Å². The first-order valence-electron chi connectivity index (χ1n) is 6.34. The van der Waals surface area contributed by atoms with Crippen LogP contribution in [0.4, 0.5) is 0 Å². The van der Waals surface area contributed by atoms with Gasteiger partial charge in [0.25, 0.3) is 0 Å². The number of halogens is 1. The maximum atomic E-state index is 11.5. The van der Waals surface area contributed by atoms with Gasteiger partial charge in [-0.05, 0) is 41.5 Å². The molecule has 0 spiro atoms. The lowest BCUT2D eigenvalue weighted by molar-refractivity contribution is 0.0600. The molecule has 0 unspecified atom stereocenters. The number of hydrogen-bond donors (Lipinski definition) is 0. The van der Waals surface area contributed by atoms with Crippen molar-refractivity contribution in [3.8, 4) is 5.75 Å². The first kappa shape index (κ1) is 15.3. The fourth-order valence-corrected chi connectivity index (χ4v) is 2.20. The maximum Gasteiger partial charge on any atom is 0.337 e. The highest BCUT2D eigenvalue weighted by molar-refractivity contribution is 9.10. The number of carbonyl (C=O) groups is 1. The predicted octanol–water partition coefficient (Wildman–Crippen LogP) is 4.41. The normalized spacial score (nSPS) is 10.6. The summed E-state index contributed by atoms with van der Waals surface area (Å²) in [4.78, 5) is 11.5. The molecule has 0 N–H and O–H groups in total. The summed E-state index contributed by atoms with van der Waals surface area (Å²) in [5, 5.41) is 0. The van der Waals surface area contributed by atoms with E-state index in [0.29, 0.717) is 5.56 Å². The molecule has 0 saturated heterocycles. The molecular weight excluding hydrogens is 332 g/mol. The van der Waals surface area contributed by atoms with Gasteiger partial charge in [0.15, 0.2) is 0 Å². The van der Waals surface area contributed by atoms with Crippen molar-refractivity contribution in [3.63, 3.8) is 0 Å². The van der Waals surface area contributed by atoms with E-state index in [1.807, 2.05) is 42.5 Å². The van der Waals surface area contributed by atoms with E-state index in [2.05, 4.69) is 15.9 Å². The molecule has 0 aromatic heterocycles. The molecule has 0 fully saturated rings. The van der Waals surface area contributed by atoms with Gasteiger partial charge in [0, 0.05) is 4.47 Å². The number of ether oxygens (including phenoxy) is 2. The van der Waals surface area contributed by atoms with Gasteiger partial charge in [-0.15, -0.1) is 0 Å². The Labute approximate surface area is 132 Å². The zero-order valence-corrected chi connectivity index (χ0v) is 13.4. The molecule has 2 rings (SSSR count). The first-order valence-corrected chi connectivity index (χ1v) is 7.13. The van der Waals surface area contributed by atoms with Crippen molar-refractivity contribution in [2.24, 2.45) is 0 Å². The largest absolute Gasteiger partial charge is 0.497 e. The van der Waals surface area contributed by atoms with Gasteiger partial charge < -0.3 is 9.47 Å². The van der Waals surface area contributed by atoms with Crippen LogP contribution in [0.15, 0.2) is 46.9 Å². The van der Waals surface area contributed by atoms with E-state index in [-0.39, 0.29) is 5.97 Å². The highest BCUT2D eigenvalue weighted by atomic mass is 79.9. The first-order chi connectivity index (χ1) is 10.1. The number of benzene rings is 2. The topological polar surface area (TPSA) is 35.5 Å². The molecule has 108 valence electrons. The van der Waals surface area contributed by atoms with Crippen molar-refractivity contribution in [2.45, 2.75) is 0 Å². The molecule has 0 saturated carbocycles. The Kier molecular flexibility index (Phi) is 5.17. The van der Waals surface area contributed by atoms with Crippen molar-refractivity contribution in [1.82, 2.24) is 0 Å². The molecule has 0 atom stereocenters. The molecule has 0 bridgehead atoms. The van der Waals surface area contributed by atoms with E-state index in [1.54, 1.807) is 19.2 Å². The Morgan fingerprint density at radius 1 is 1.05 bits per heavy atom. The lowest BCUT2D eigenvalue weighted by Gasteiger charge is -2.03. The van der Waals surface area contributed by atoms with Crippen LogP contribution < -0.4 is 4.74 Å². The summed E-state index contributed by atoms with van der Waals surface area (Å²) in [7, 11) is 3.01. The highest BCUT2D eigenvalue weighted by Gasteiger charge is 2.07. The Morgan fingerprint density at radius 3 is 2.38 bits per heavy atom. The summed E-state index contributed by atoms with van der Waals surface area (Å²) in [6.07, 6.45) is 3.92. The third-order valence-corrected chi connectivity index (χ3v) is 3.71. The summed E-state index contributed by atoms with van der Waals surface area (Å²) in [6, 6.07) is 13.1. The SMILES string of the molecule is COC(=O)c1ccc(Br)c(/C=C/c2ccc(OC)cc2)c1. The average Bonchev–Trinajstić information content (AvgIpc) is 2.53. The summed E-state index contributed by atoms with van der Waals surface area (Å²) < 4.78 is 10.8. The number of rotatable bonds is 4. The molecule has 21 heavy (non-hydrogen) atoms. The highest BCUT2D eigenvalue weighted by Crippen LogP contribution is 2.22. The summed E-state index contributed by atoms with van der Waals surface area (Å²) in [5.74, 6) is 0.475. The van der Waals surface area contributed by atoms with Crippen molar-refractivity contribution >= 4 is 34.1 Å². The maximum absolute atomic E-state index is 11.5. The minimum Gasteiger partial charge on any atom is -0.497 e. The Morgan fingerprint density at radius 2 is 1.76 bits per heavy atom. The van der Waals surface area contributed by atoms with Gasteiger partial charge in [0.2, 0.25) is 0 Å². The standard InChI is InChI=1S/C17H15BrO3/c1-20-15-8-4-12(5-9-15)3-6-13-11-14(17(19)21-2)7-10-16(13)18/h3-11H,1-2H3/b6-3+. The second-order valence-corrected chi connectivity index (χ2v) is 5.19. The molecule has 3 nitrogen and oxygen atoms in total. The number of esters is 1. The minimum absolute atomic E-state index is 0.346. The second-order valence-electron chi connectivity index (χ2n) is 4.33. The number of methoxy groups -OCH3 is 2. The molecule has 2 aromatic rings. The summed E-state index contributed by atoms with van der Waals surface area (Å²) in [6.45, 7) is 0. The van der Waals surface area contributed by atoms with Gasteiger partial charge in [-0.25, -0.2) is 4.79 Å². The Balaban J connectivity index is 2.24. The fourth-order valence-electron chi connectivity index (χ4n) is 1.82. The molecular formula is C17H15BrO3. The van der Waals surface area contributed by atoms with Crippen LogP contribution in [0.1, 0.15) is 21.5 Å². The molecule has 0 heterocycles. The monoisotopic (exact) mass is 346 g/mol. The quantitative estimate of drug-likeness (QED) is 0.607. The van der Waals surface area contributed by atoms with Crippen molar-refractivity contribution < 1.29 is 14.3 Å². The van der Waals surface area contributed by atoms with E-state index >= 15 is 0 Å². The molecule has 2 aromatic carbocycles. The van der Waals surface area contributed by atoms with Crippen LogP contribution in [0.2, 0.25) is 0 Å². The zero-order valence-electron chi connectivity index (χ0n) is 11.8. The van der Waals surface area contributed by atoms with Gasteiger partial charge in [-0.1, -0.05) is 40.2 Å². The van der Waals surface area contributed by atoms with Gasteiger partial charge in [0.1, 0.15) is 5.75 Å². The number of hydrogen-bond acceptors (Lipinski definition) is 3. The van der Waals surface area contributed by atoms with Crippen LogP contribution in [-0.2, 0) is 4.74 Å². The zero-order chi connectivity index (χ0) is 15.2. The van der Waals surface area contributed by atoms with Crippen LogP contribution in [0.3, 0.4) is 0 Å². The smallest absolute Gasteiger partial charge is 0.337 e. The molecule has 0 aliphatic rings. The Bertz CT molecular complexity index is 660. The van der Waals surface area contributed by atoms with E-state index < -0.39 is 0 Å². The van der Waals surface area contributed by atoms with Gasteiger partial charge in [-0.2, -0.15) is 0 Å². The van der Waals surface area contributed by atoms with Crippen LogP contribution in [-0.4, -0.2) is 20.2 Å². The second kappa shape index (κ2) is 7.09. The van der Waals surface area contributed by atoms with Crippen LogP contribution in [0, 0.1) is 0 Å². The molecule has 0 aliphatic carbocycles. The third kappa shape index (κ3) is 3.95. The van der Waals surface area contributed by atoms with Gasteiger partial charge >= 0.3 is 5.97 Å². The van der Waals surface area contributed by atoms with Crippen LogP contribution in [0.5, 0.6) is 5.75 Å². The van der Waals surface area contributed by atoms with E-state index in [0.717, 1.165) is 21.3 Å². The van der Waals surface area contributed by atoms with Crippen molar-refractivity contribution in [1.29, 1.82) is 0 Å². The van der Waals surface area contributed by atoms with Gasteiger partial charge in [-0.3, -0.25) is 0 Å². The van der Waals surface area contributed by atoms with E-state index in [1.165, 1.54) is 7.11 Å². The molecule has 0 radical (unpaired) electrons. The molecule has 0 aliphatic heterocycles. The van der Waals surface area contributed by atoms with Crippen LogP contribution >= 0.6 is 15.9 Å². The number of carbonyl (C=O) groups excluding carboxylic acids is 1.